The Morgan fingerprint density at radius 2 is 1.82 bits per heavy atom. The fourth-order valence-electron chi connectivity index (χ4n) is 1.23. The molecule has 1 aromatic carbocycles. The Bertz CT molecular complexity index is 344. The summed E-state index contributed by atoms with van der Waals surface area (Å²) < 4.78 is 45.2. The van der Waals surface area contributed by atoms with E-state index in [2.05, 4.69) is 4.43 Å². The molecule has 0 spiro atoms. The minimum atomic E-state index is -4.48. The maximum absolute atomic E-state index is 12.0. The molecule has 0 heterocycles. The fraction of sp³-hybridized carbons (Fsp3) is 0.400. The molecule has 1 N–H and O–H groups in total. The molecule has 0 saturated carbocycles. The zero-order valence-corrected chi connectivity index (χ0v) is 10.2. The molecule has 0 aliphatic rings. The lowest BCUT2D eigenvalue weighted by molar-refractivity contribution is -0.162. The van der Waals surface area contributed by atoms with Crippen LogP contribution in [0.1, 0.15) is 5.56 Å². The van der Waals surface area contributed by atoms with Crippen molar-refractivity contribution in [2.24, 2.45) is 0 Å². The van der Waals surface area contributed by atoms with Crippen LogP contribution < -0.4 is 0 Å². The summed E-state index contributed by atoms with van der Waals surface area (Å²) in [6.07, 6.45) is -4.48. The first-order chi connectivity index (χ1) is 7.85. The molecular weight excluding hydrogens is 253 g/mol. The number of halogens is 3. The highest BCUT2D eigenvalue weighted by atomic mass is 28.4. The van der Waals surface area contributed by atoms with Crippen molar-refractivity contribution in [2.75, 3.05) is 13.7 Å². The van der Waals surface area contributed by atoms with Crippen molar-refractivity contribution in [2.45, 2.75) is 12.2 Å². The van der Waals surface area contributed by atoms with Gasteiger partial charge in [0.2, 0.25) is 0 Å². The van der Waals surface area contributed by atoms with Crippen LogP contribution in [0.5, 0.6) is 0 Å². The standard InChI is InChI=1S/C10H13F3O3Si/c1-15-17(14,16-8-10(11,12)13)7-9-5-3-2-4-6-9/h2-6,14H,7-8H2,1H3. The van der Waals surface area contributed by atoms with Crippen LogP contribution in [0.2, 0.25) is 0 Å². The van der Waals surface area contributed by atoms with E-state index in [-0.39, 0.29) is 6.04 Å². The Balaban J connectivity index is 2.63. The van der Waals surface area contributed by atoms with Crippen molar-refractivity contribution in [3.63, 3.8) is 0 Å². The molecule has 0 aliphatic heterocycles. The summed E-state index contributed by atoms with van der Waals surface area (Å²) in [5, 5.41) is 0. The second-order valence-electron chi connectivity index (χ2n) is 3.48. The lowest BCUT2D eigenvalue weighted by atomic mass is 10.2. The van der Waals surface area contributed by atoms with Gasteiger partial charge in [0, 0.05) is 13.2 Å². The van der Waals surface area contributed by atoms with Gasteiger partial charge in [0.25, 0.3) is 0 Å². The zero-order valence-electron chi connectivity index (χ0n) is 9.20. The third kappa shape index (κ3) is 5.31. The van der Waals surface area contributed by atoms with E-state index in [0.717, 1.165) is 7.11 Å². The second-order valence-corrected chi connectivity index (χ2v) is 5.96. The van der Waals surface area contributed by atoms with Crippen molar-refractivity contribution in [3.8, 4) is 0 Å². The topological polar surface area (TPSA) is 38.7 Å². The van der Waals surface area contributed by atoms with Gasteiger partial charge in [-0.15, -0.1) is 0 Å². The Hall–Kier alpha value is -0.893. The second kappa shape index (κ2) is 5.63. The highest BCUT2D eigenvalue weighted by molar-refractivity contribution is 6.58. The van der Waals surface area contributed by atoms with E-state index in [1.807, 2.05) is 0 Å². The molecule has 1 rings (SSSR count). The van der Waals surface area contributed by atoms with Crippen LogP contribution in [0.25, 0.3) is 0 Å². The van der Waals surface area contributed by atoms with Gasteiger partial charge in [-0.3, -0.25) is 0 Å². The smallest absolute Gasteiger partial charge is 0.389 e. The quantitative estimate of drug-likeness (QED) is 0.828. The van der Waals surface area contributed by atoms with E-state index in [0.29, 0.717) is 5.56 Å². The molecule has 96 valence electrons. The number of benzene rings is 1. The molecule has 0 amide bonds. The number of hydrogen-bond acceptors (Lipinski definition) is 3. The monoisotopic (exact) mass is 266 g/mol. The molecule has 0 fully saturated rings. The molecule has 3 nitrogen and oxygen atoms in total. The average Bonchev–Trinajstić information content (AvgIpc) is 2.27. The Morgan fingerprint density at radius 3 is 2.29 bits per heavy atom. The first-order valence-corrected chi connectivity index (χ1v) is 6.84. The van der Waals surface area contributed by atoms with E-state index in [1.54, 1.807) is 30.3 Å². The van der Waals surface area contributed by atoms with Crippen LogP contribution in [0.15, 0.2) is 30.3 Å². The van der Waals surface area contributed by atoms with Crippen molar-refractivity contribution in [3.05, 3.63) is 35.9 Å². The summed E-state index contributed by atoms with van der Waals surface area (Å²) in [6, 6.07) is 8.56. The molecule has 1 aromatic rings. The largest absolute Gasteiger partial charge is 0.502 e. The van der Waals surface area contributed by atoms with Crippen molar-refractivity contribution < 1.29 is 26.8 Å². The fourth-order valence-corrected chi connectivity index (χ4v) is 2.74. The summed E-state index contributed by atoms with van der Waals surface area (Å²) in [6.45, 7) is -1.50. The van der Waals surface area contributed by atoms with E-state index >= 15 is 0 Å². The molecule has 0 aliphatic carbocycles. The summed E-state index contributed by atoms with van der Waals surface area (Å²) >= 11 is 0. The predicted molar refractivity (Wildman–Crippen MR) is 57.1 cm³/mol. The van der Waals surface area contributed by atoms with E-state index in [4.69, 9.17) is 4.43 Å². The zero-order chi connectivity index (χ0) is 12.9. The lowest BCUT2D eigenvalue weighted by Crippen LogP contribution is -2.46. The molecule has 1 unspecified atom stereocenters. The lowest BCUT2D eigenvalue weighted by Gasteiger charge is -2.22. The normalized spacial score (nSPS) is 15.6. The molecular formula is C10H13F3O3Si. The molecule has 0 bridgehead atoms. The minimum absolute atomic E-state index is 0.0413. The van der Waals surface area contributed by atoms with Gasteiger partial charge in [-0.25, -0.2) is 0 Å². The van der Waals surface area contributed by atoms with Crippen LogP contribution in [-0.4, -0.2) is 33.5 Å². The average molecular weight is 266 g/mol. The highest BCUT2D eigenvalue weighted by Crippen LogP contribution is 2.19. The van der Waals surface area contributed by atoms with Gasteiger partial charge in [0.1, 0.15) is 6.61 Å². The summed E-state index contributed by atoms with van der Waals surface area (Å²) in [5.74, 6) is 0. The van der Waals surface area contributed by atoms with Crippen LogP contribution in [0.3, 0.4) is 0 Å². The van der Waals surface area contributed by atoms with Gasteiger partial charge in [-0.2, -0.15) is 13.2 Å². The Labute approximate surface area is 98.2 Å². The molecule has 0 aromatic heterocycles. The van der Waals surface area contributed by atoms with Crippen LogP contribution >= 0.6 is 0 Å². The summed E-state index contributed by atoms with van der Waals surface area (Å²) in [5.41, 5.74) is 0.672. The summed E-state index contributed by atoms with van der Waals surface area (Å²) in [7, 11) is -2.65. The van der Waals surface area contributed by atoms with E-state index < -0.39 is 21.6 Å². The van der Waals surface area contributed by atoms with Gasteiger partial charge < -0.3 is 13.6 Å². The van der Waals surface area contributed by atoms with Gasteiger partial charge in [-0.05, 0) is 5.56 Å². The molecule has 7 heteroatoms. The number of hydrogen-bond donors (Lipinski definition) is 1. The first-order valence-electron chi connectivity index (χ1n) is 4.87. The highest BCUT2D eigenvalue weighted by Gasteiger charge is 2.40. The molecule has 0 radical (unpaired) electrons. The van der Waals surface area contributed by atoms with Gasteiger partial charge in [0.05, 0.1) is 0 Å². The number of rotatable bonds is 5. The SMILES string of the molecule is CO[Si](O)(Cc1ccccc1)OCC(F)(F)F. The predicted octanol–water partition coefficient (Wildman–Crippen LogP) is 1.92. The third-order valence-electron chi connectivity index (χ3n) is 2.05. The van der Waals surface area contributed by atoms with E-state index in [9.17, 15) is 18.0 Å². The maximum Gasteiger partial charge on any atom is 0.502 e. The van der Waals surface area contributed by atoms with Gasteiger partial charge >= 0.3 is 15.0 Å². The molecule has 1 atom stereocenters. The van der Waals surface area contributed by atoms with Crippen molar-refractivity contribution >= 4 is 8.80 Å². The molecule has 17 heavy (non-hydrogen) atoms. The van der Waals surface area contributed by atoms with Gasteiger partial charge in [0.15, 0.2) is 0 Å². The van der Waals surface area contributed by atoms with Crippen LogP contribution in [0, 0.1) is 0 Å². The van der Waals surface area contributed by atoms with E-state index in [1.165, 1.54) is 0 Å². The first kappa shape index (κ1) is 14.2. The van der Waals surface area contributed by atoms with Crippen LogP contribution in [-0.2, 0) is 14.9 Å². The minimum Gasteiger partial charge on any atom is -0.389 e. The Morgan fingerprint density at radius 1 is 1.24 bits per heavy atom. The maximum atomic E-state index is 12.0. The van der Waals surface area contributed by atoms with Crippen molar-refractivity contribution in [1.29, 1.82) is 0 Å². The number of alkyl halides is 3. The summed E-state index contributed by atoms with van der Waals surface area (Å²) in [4.78, 5) is 9.83. The third-order valence-corrected chi connectivity index (χ3v) is 4.14. The van der Waals surface area contributed by atoms with Crippen LogP contribution in [0.4, 0.5) is 13.2 Å². The van der Waals surface area contributed by atoms with Gasteiger partial charge in [-0.1, -0.05) is 30.3 Å². The van der Waals surface area contributed by atoms with Crippen molar-refractivity contribution in [1.82, 2.24) is 0 Å². The molecule has 0 saturated heterocycles. The Kier molecular flexibility index (Phi) is 4.69.